The second kappa shape index (κ2) is 8.40. The summed E-state index contributed by atoms with van der Waals surface area (Å²) in [7, 11) is 1.24. The topological polar surface area (TPSA) is 107 Å². The lowest BCUT2D eigenvalue weighted by Crippen LogP contribution is -2.32. The maximum Gasteiger partial charge on any atom is 0.356 e. The molecule has 0 aliphatic heterocycles. The first-order valence-electron chi connectivity index (χ1n) is 6.37. The highest BCUT2D eigenvalue weighted by molar-refractivity contribution is 5.91. The van der Waals surface area contributed by atoms with Crippen molar-refractivity contribution < 1.29 is 23.9 Å². The van der Waals surface area contributed by atoms with E-state index in [2.05, 4.69) is 26.9 Å². The lowest BCUT2D eigenvalue weighted by molar-refractivity contribution is -0.138. The first kappa shape index (κ1) is 17.2. The van der Waals surface area contributed by atoms with E-state index in [9.17, 15) is 14.4 Å². The van der Waals surface area contributed by atoms with Crippen molar-refractivity contribution in [1.82, 2.24) is 10.3 Å². The summed E-state index contributed by atoms with van der Waals surface area (Å²) in [5, 5.41) is 4.92. The molecule has 118 valence electrons. The van der Waals surface area contributed by atoms with Crippen LogP contribution < -0.4 is 10.6 Å². The van der Waals surface area contributed by atoms with Gasteiger partial charge < -0.3 is 14.8 Å². The van der Waals surface area contributed by atoms with E-state index < -0.39 is 18.0 Å². The molecule has 0 aromatic carbocycles. The fourth-order valence-electron chi connectivity index (χ4n) is 1.31. The van der Waals surface area contributed by atoms with E-state index in [1.165, 1.54) is 26.2 Å². The molecule has 8 heteroatoms. The van der Waals surface area contributed by atoms with Crippen LogP contribution >= 0.6 is 0 Å². The van der Waals surface area contributed by atoms with Crippen LogP contribution in [0, 0.1) is 0 Å². The maximum absolute atomic E-state index is 11.6. The van der Waals surface area contributed by atoms with Crippen molar-refractivity contribution in [2.45, 2.75) is 6.92 Å². The zero-order valence-corrected chi connectivity index (χ0v) is 12.3. The van der Waals surface area contributed by atoms with E-state index in [0.29, 0.717) is 0 Å². The number of anilines is 1. The van der Waals surface area contributed by atoms with Gasteiger partial charge in [-0.15, -0.1) is 0 Å². The average molecular weight is 307 g/mol. The number of aromatic nitrogens is 1. The van der Waals surface area contributed by atoms with Gasteiger partial charge in [-0.05, 0) is 19.1 Å². The average Bonchev–Trinajstić information content (AvgIpc) is 2.50. The molecule has 2 N–H and O–H groups in total. The smallest absolute Gasteiger partial charge is 0.356 e. The predicted octanol–water partition coefficient (Wildman–Crippen LogP) is 1.11. The van der Waals surface area contributed by atoms with Gasteiger partial charge in [0.15, 0.2) is 5.69 Å². The molecule has 0 fully saturated rings. The fourth-order valence-corrected chi connectivity index (χ4v) is 1.31. The van der Waals surface area contributed by atoms with Gasteiger partial charge in [0.05, 0.1) is 13.7 Å². The van der Waals surface area contributed by atoms with Crippen LogP contribution in [0.5, 0.6) is 0 Å². The van der Waals surface area contributed by atoms with Gasteiger partial charge in [-0.1, -0.05) is 12.6 Å². The quantitative estimate of drug-likeness (QED) is 0.463. The summed E-state index contributed by atoms with van der Waals surface area (Å²) in [5.41, 5.74) is 0.365. The third-order valence-corrected chi connectivity index (χ3v) is 2.35. The number of esters is 2. The minimum absolute atomic E-state index is 0.0226. The minimum atomic E-state index is -0.601. The predicted molar refractivity (Wildman–Crippen MR) is 78.4 cm³/mol. The van der Waals surface area contributed by atoms with E-state index in [1.54, 1.807) is 6.07 Å². The highest BCUT2D eigenvalue weighted by atomic mass is 16.5. The number of nitrogens with zero attached hydrogens (tertiary/aromatic N) is 1. The van der Waals surface area contributed by atoms with E-state index in [0.717, 1.165) is 0 Å². The Labute approximate surface area is 127 Å². The summed E-state index contributed by atoms with van der Waals surface area (Å²) in [6, 6.07) is 4.00. The summed E-state index contributed by atoms with van der Waals surface area (Å²) in [5.74, 6) is -0.926. The third kappa shape index (κ3) is 5.61. The fraction of sp³-hybridized carbons (Fsp3) is 0.286. The molecule has 0 bridgehead atoms. The molecule has 1 aromatic rings. The Morgan fingerprint density at radius 3 is 2.68 bits per heavy atom. The number of carbonyl (C=O) groups is 3. The van der Waals surface area contributed by atoms with Crippen molar-refractivity contribution in [1.29, 1.82) is 0 Å². The van der Waals surface area contributed by atoms with E-state index in [4.69, 9.17) is 4.74 Å². The molecule has 0 atom stereocenters. The van der Waals surface area contributed by atoms with Gasteiger partial charge in [-0.3, -0.25) is 5.32 Å². The molecule has 0 spiro atoms. The normalized spacial score (nSPS) is 9.55. The molecule has 0 unspecified atom stereocenters. The number of urea groups is 1. The van der Waals surface area contributed by atoms with Crippen LogP contribution in [0.4, 0.5) is 10.6 Å². The summed E-state index contributed by atoms with van der Waals surface area (Å²) >= 11 is 0. The van der Waals surface area contributed by atoms with Crippen LogP contribution in [0.15, 0.2) is 30.4 Å². The van der Waals surface area contributed by atoms with Crippen LogP contribution in [-0.4, -0.2) is 43.2 Å². The molecule has 0 aliphatic carbocycles. The molecule has 1 aromatic heterocycles. The van der Waals surface area contributed by atoms with Crippen LogP contribution in [0.1, 0.15) is 17.4 Å². The second-order valence-corrected chi connectivity index (χ2v) is 4.20. The lowest BCUT2D eigenvalue weighted by Gasteiger charge is -2.08. The number of ether oxygens (including phenoxy) is 2. The van der Waals surface area contributed by atoms with Crippen molar-refractivity contribution in [2.24, 2.45) is 0 Å². The van der Waals surface area contributed by atoms with Gasteiger partial charge in [0.2, 0.25) is 0 Å². The summed E-state index contributed by atoms with van der Waals surface area (Å²) in [6.45, 7) is 5.11. The molecule has 0 saturated heterocycles. The molecule has 1 rings (SSSR count). The Hall–Kier alpha value is -2.90. The highest BCUT2D eigenvalue weighted by Gasteiger charge is 2.09. The SMILES string of the molecule is C=C(C)C(=O)OCCNC(=O)Nc1cccc(C(=O)OC)n1. The summed E-state index contributed by atoms with van der Waals surface area (Å²) in [4.78, 5) is 37.9. The highest BCUT2D eigenvalue weighted by Crippen LogP contribution is 2.05. The Kier molecular flexibility index (Phi) is 6.55. The van der Waals surface area contributed by atoms with Crippen LogP contribution in [0.25, 0.3) is 0 Å². The minimum Gasteiger partial charge on any atom is -0.464 e. The number of rotatable bonds is 6. The Morgan fingerprint density at radius 1 is 1.32 bits per heavy atom. The third-order valence-electron chi connectivity index (χ3n) is 2.35. The van der Waals surface area contributed by atoms with Crippen molar-refractivity contribution >= 4 is 23.8 Å². The van der Waals surface area contributed by atoms with Gasteiger partial charge in [-0.2, -0.15) is 0 Å². The summed E-state index contributed by atoms with van der Waals surface area (Å²) in [6.07, 6.45) is 0. The van der Waals surface area contributed by atoms with Crippen molar-refractivity contribution in [2.75, 3.05) is 25.6 Å². The zero-order valence-electron chi connectivity index (χ0n) is 12.3. The summed E-state index contributed by atoms with van der Waals surface area (Å²) < 4.78 is 9.34. The van der Waals surface area contributed by atoms with Crippen LogP contribution in [0.3, 0.4) is 0 Å². The number of amides is 2. The molecule has 0 aliphatic rings. The number of hydrogen-bond acceptors (Lipinski definition) is 6. The molecule has 0 radical (unpaired) electrons. The van der Waals surface area contributed by atoms with Gasteiger partial charge in [-0.25, -0.2) is 19.4 Å². The molecular formula is C14H17N3O5. The number of nitrogens with one attached hydrogen (secondary N) is 2. The molecule has 22 heavy (non-hydrogen) atoms. The van der Waals surface area contributed by atoms with E-state index >= 15 is 0 Å². The van der Waals surface area contributed by atoms with Crippen molar-refractivity contribution in [3.05, 3.63) is 36.0 Å². The molecular weight excluding hydrogens is 290 g/mol. The number of hydrogen-bond donors (Lipinski definition) is 2. The number of carbonyl (C=O) groups excluding carboxylic acids is 3. The van der Waals surface area contributed by atoms with Crippen molar-refractivity contribution in [3.8, 4) is 0 Å². The zero-order chi connectivity index (χ0) is 16.5. The maximum atomic E-state index is 11.6. The van der Waals surface area contributed by atoms with Gasteiger partial charge >= 0.3 is 18.0 Å². The van der Waals surface area contributed by atoms with Crippen LogP contribution in [0.2, 0.25) is 0 Å². The first-order valence-corrected chi connectivity index (χ1v) is 6.37. The molecule has 8 nitrogen and oxygen atoms in total. The Bertz CT molecular complexity index is 586. The van der Waals surface area contributed by atoms with Gasteiger partial charge in [0, 0.05) is 5.57 Å². The number of methoxy groups -OCH3 is 1. The van der Waals surface area contributed by atoms with Crippen molar-refractivity contribution in [3.63, 3.8) is 0 Å². The molecule has 1 heterocycles. The van der Waals surface area contributed by atoms with Gasteiger partial charge in [0.1, 0.15) is 12.4 Å². The number of pyridine rings is 1. The van der Waals surface area contributed by atoms with Gasteiger partial charge in [0.25, 0.3) is 0 Å². The molecule has 0 saturated carbocycles. The standard InChI is InChI=1S/C14H17N3O5/c1-9(2)12(18)22-8-7-15-14(20)17-11-6-4-5-10(16-11)13(19)21-3/h4-6H,1,7-8H2,2-3H3,(H2,15,16,17,20). The Balaban J connectivity index is 2.41. The van der Waals surface area contributed by atoms with Crippen LogP contribution in [-0.2, 0) is 14.3 Å². The Morgan fingerprint density at radius 2 is 2.05 bits per heavy atom. The van der Waals surface area contributed by atoms with E-state index in [-0.39, 0.29) is 30.2 Å². The van der Waals surface area contributed by atoms with E-state index in [1.807, 2.05) is 0 Å². The second-order valence-electron chi connectivity index (χ2n) is 4.20. The monoisotopic (exact) mass is 307 g/mol. The molecule has 2 amide bonds. The lowest BCUT2D eigenvalue weighted by atomic mass is 10.3. The largest absolute Gasteiger partial charge is 0.464 e. The first-order chi connectivity index (χ1) is 10.4.